The molecule has 1 aromatic rings. The van der Waals surface area contributed by atoms with Crippen LogP contribution in [0, 0.1) is 11.8 Å². The summed E-state index contributed by atoms with van der Waals surface area (Å²) in [4.78, 5) is 45.8. The summed E-state index contributed by atoms with van der Waals surface area (Å²) in [6.07, 6.45) is 10.4. The van der Waals surface area contributed by atoms with Gasteiger partial charge in [-0.15, -0.1) is 0 Å². The number of nitrogens with zero attached hydrogens (tertiary/aromatic N) is 2. The molecule has 1 aliphatic carbocycles. The molecule has 1 spiro atoms. The van der Waals surface area contributed by atoms with E-state index < -0.39 is 29.6 Å². The number of nitrogens with one attached hydrogen (secondary N) is 2. The van der Waals surface area contributed by atoms with E-state index in [9.17, 15) is 14.4 Å². The Morgan fingerprint density at radius 2 is 1.70 bits per heavy atom. The maximum absolute atomic E-state index is 14.2. The van der Waals surface area contributed by atoms with Gasteiger partial charge in [-0.1, -0.05) is 68.5 Å². The second-order valence-corrected chi connectivity index (χ2v) is 12.4. The van der Waals surface area contributed by atoms with Crippen LogP contribution in [-0.4, -0.2) is 77.5 Å². The summed E-state index contributed by atoms with van der Waals surface area (Å²) < 4.78 is 6.47. The monoisotopic (exact) mass is 590 g/mol. The minimum Gasteiger partial charge on any atom is -0.359 e. The second-order valence-electron chi connectivity index (χ2n) is 11.6. The molecule has 218 valence electrons. The lowest BCUT2D eigenvalue weighted by Crippen LogP contribution is -2.57. The summed E-state index contributed by atoms with van der Waals surface area (Å²) in [6.45, 7) is 7.20. The summed E-state index contributed by atoms with van der Waals surface area (Å²) in [6, 6.07) is 4.09. The molecule has 3 aliphatic heterocycles. The van der Waals surface area contributed by atoms with Crippen LogP contribution in [0.4, 0.5) is 5.69 Å². The normalized spacial score (nSPS) is 29.3. The maximum atomic E-state index is 14.2. The molecule has 1 saturated carbocycles. The molecule has 2 N–H and O–H groups in total. The SMILES string of the molecule is CCCN(CCC)CCN1C(=O)[C@@H]2C(C(=O)Nc3cc(Cl)cc(Cl)c3)[C@@H]3C=CC2(O3)C1C(=O)NC1CCCCC1. The smallest absolute Gasteiger partial charge is 0.246 e. The zero-order valence-electron chi connectivity index (χ0n) is 23.3. The van der Waals surface area contributed by atoms with Crippen LogP contribution >= 0.6 is 23.2 Å². The quantitative estimate of drug-likeness (QED) is 0.366. The number of halogens is 2. The molecule has 10 heteroatoms. The van der Waals surface area contributed by atoms with Crippen molar-refractivity contribution in [1.29, 1.82) is 0 Å². The van der Waals surface area contributed by atoms with Gasteiger partial charge in [-0.3, -0.25) is 14.4 Å². The van der Waals surface area contributed by atoms with Gasteiger partial charge >= 0.3 is 0 Å². The van der Waals surface area contributed by atoms with Crippen molar-refractivity contribution in [2.75, 3.05) is 31.5 Å². The summed E-state index contributed by atoms with van der Waals surface area (Å²) in [5, 5.41) is 6.93. The van der Waals surface area contributed by atoms with Crippen LogP contribution in [0.2, 0.25) is 10.0 Å². The Labute approximate surface area is 246 Å². The first-order valence-electron chi connectivity index (χ1n) is 14.7. The molecule has 5 atom stereocenters. The van der Waals surface area contributed by atoms with Crippen LogP contribution in [0.5, 0.6) is 0 Å². The molecule has 4 aliphatic rings. The number of rotatable bonds is 11. The van der Waals surface area contributed by atoms with Crippen molar-refractivity contribution >= 4 is 46.6 Å². The highest BCUT2D eigenvalue weighted by molar-refractivity contribution is 6.35. The van der Waals surface area contributed by atoms with E-state index in [0.717, 1.165) is 51.6 Å². The predicted molar refractivity (Wildman–Crippen MR) is 156 cm³/mol. The van der Waals surface area contributed by atoms with Crippen LogP contribution in [-0.2, 0) is 19.1 Å². The Morgan fingerprint density at radius 1 is 1.02 bits per heavy atom. The van der Waals surface area contributed by atoms with Gasteiger partial charge in [0.25, 0.3) is 0 Å². The van der Waals surface area contributed by atoms with Gasteiger partial charge in [0.2, 0.25) is 17.7 Å². The van der Waals surface area contributed by atoms with Gasteiger partial charge in [0.05, 0.1) is 17.9 Å². The molecule has 0 aromatic heterocycles. The fourth-order valence-electron chi connectivity index (χ4n) is 7.10. The molecule has 2 saturated heterocycles. The molecule has 2 bridgehead atoms. The van der Waals surface area contributed by atoms with E-state index in [-0.39, 0.29) is 23.8 Å². The number of benzene rings is 1. The lowest BCUT2D eigenvalue weighted by molar-refractivity contribution is -0.141. The fourth-order valence-corrected chi connectivity index (χ4v) is 7.63. The van der Waals surface area contributed by atoms with Crippen molar-refractivity contribution in [2.45, 2.75) is 82.6 Å². The molecule has 8 nitrogen and oxygen atoms in total. The van der Waals surface area contributed by atoms with Crippen LogP contribution in [0.25, 0.3) is 0 Å². The molecular weight excluding hydrogens is 551 g/mol. The lowest BCUT2D eigenvalue weighted by atomic mass is 9.74. The topological polar surface area (TPSA) is 91.0 Å². The number of fused-ring (bicyclic) bond motifs is 1. The van der Waals surface area contributed by atoms with Crippen LogP contribution in [0.15, 0.2) is 30.4 Å². The first-order chi connectivity index (χ1) is 19.3. The van der Waals surface area contributed by atoms with Gasteiger partial charge < -0.3 is 25.2 Å². The highest BCUT2D eigenvalue weighted by Crippen LogP contribution is 2.55. The highest BCUT2D eigenvalue weighted by atomic mass is 35.5. The van der Waals surface area contributed by atoms with Gasteiger partial charge in [-0.2, -0.15) is 0 Å². The number of likely N-dealkylation sites (tertiary alicyclic amines) is 1. The summed E-state index contributed by atoms with van der Waals surface area (Å²) in [7, 11) is 0. The molecule has 3 fully saturated rings. The molecule has 0 radical (unpaired) electrons. The van der Waals surface area contributed by atoms with Gasteiger partial charge in [0.15, 0.2) is 0 Å². The minimum atomic E-state index is -1.17. The van der Waals surface area contributed by atoms with E-state index >= 15 is 0 Å². The number of amides is 3. The van der Waals surface area contributed by atoms with Crippen LogP contribution < -0.4 is 10.6 Å². The standard InChI is InChI=1S/C30H40Cl2N4O4/c1-3-12-35(13-4-2)14-15-36-26(28(38)33-21-8-6-5-7-9-21)30-11-10-23(40-30)24(25(30)29(36)39)27(37)34-22-17-19(31)16-20(32)18-22/h10-11,16-18,21,23-26H,3-9,12-15H2,1-2H3,(H,33,38)(H,34,37)/t23-,24?,25-,26?,30?/m0/s1. The number of anilines is 1. The molecule has 5 rings (SSSR count). The third kappa shape index (κ3) is 5.65. The van der Waals surface area contributed by atoms with Crippen LogP contribution in [0.1, 0.15) is 58.8 Å². The average Bonchev–Trinajstić information content (AvgIpc) is 3.55. The first-order valence-corrected chi connectivity index (χ1v) is 15.5. The Kier molecular flexibility index (Phi) is 9.10. The summed E-state index contributed by atoms with van der Waals surface area (Å²) in [5.41, 5.74) is -0.721. The maximum Gasteiger partial charge on any atom is 0.246 e. The summed E-state index contributed by atoms with van der Waals surface area (Å²) >= 11 is 12.3. The zero-order chi connectivity index (χ0) is 28.4. The molecule has 1 aromatic carbocycles. The van der Waals surface area contributed by atoms with Crippen molar-refractivity contribution < 1.29 is 19.1 Å². The fraction of sp³-hybridized carbons (Fsp3) is 0.633. The van der Waals surface area contributed by atoms with E-state index in [1.54, 1.807) is 23.1 Å². The predicted octanol–water partition coefficient (Wildman–Crippen LogP) is 4.65. The lowest BCUT2D eigenvalue weighted by Gasteiger charge is -2.35. The van der Waals surface area contributed by atoms with Crippen molar-refractivity contribution in [3.8, 4) is 0 Å². The molecule has 40 heavy (non-hydrogen) atoms. The van der Waals surface area contributed by atoms with E-state index in [1.165, 1.54) is 6.42 Å². The van der Waals surface area contributed by atoms with E-state index in [1.807, 2.05) is 12.2 Å². The third-order valence-electron chi connectivity index (χ3n) is 8.74. The Hall–Kier alpha value is -2.13. The van der Waals surface area contributed by atoms with Crippen molar-refractivity contribution in [2.24, 2.45) is 11.8 Å². The highest BCUT2D eigenvalue weighted by Gasteiger charge is 2.72. The molecule has 3 unspecified atom stereocenters. The molecular formula is C30H40Cl2N4O4. The summed E-state index contributed by atoms with van der Waals surface area (Å²) in [5.74, 6) is -2.29. The third-order valence-corrected chi connectivity index (χ3v) is 9.18. The molecule has 3 heterocycles. The number of ether oxygens (including phenoxy) is 1. The second kappa shape index (κ2) is 12.4. The molecule has 3 amide bonds. The van der Waals surface area contributed by atoms with E-state index in [0.29, 0.717) is 28.8 Å². The Balaban J connectivity index is 1.42. The van der Waals surface area contributed by atoms with Gasteiger partial charge in [0.1, 0.15) is 11.6 Å². The zero-order valence-corrected chi connectivity index (χ0v) is 24.8. The van der Waals surface area contributed by atoms with Crippen LogP contribution in [0.3, 0.4) is 0 Å². The number of carbonyl (C=O) groups is 3. The van der Waals surface area contributed by atoms with E-state index in [4.69, 9.17) is 27.9 Å². The number of hydrogen-bond donors (Lipinski definition) is 2. The van der Waals surface area contributed by atoms with Gasteiger partial charge in [-0.05, 0) is 57.0 Å². The van der Waals surface area contributed by atoms with Crippen molar-refractivity contribution in [3.05, 3.63) is 40.4 Å². The Bertz CT molecular complexity index is 1130. The Morgan fingerprint density at radius 3 is 2.35 bits per heavy atom. The van der Waals surface area contributed by atoms with Gasteiger partial charge in [0, 0.05) is 34.9 Å². The van der Waals surface area contributed by atoms with Crippen molar-refractivity contribution in [1.82, 2.24) is 15.1 Å². The number of carbonyl (C=O) groups excluding carboxylic acids is 3. The van der Waals surface area contributed by atoms with Crippen molar-refractivity contribution in [3.63, 3.8) is 0 Å². The first kappa shape index (κ1) is 29.4. The largest absolute Gasteiger partial charge is 0.359 e. The van der Waals surface area contributed by atoms with Gasteiger partial charge in [-0.25, -0.2) is 0 Å². The number of hydrogen-bond acceptors (Lipinski definition) is 5. The van der Waals surface area contributed by atoms with E-state index in [2.05, 4.69) is 29.4 Å². The average molecular weight is 592 g/mol. The minimum absolute atomic E-state index is 0.0968.